The predicted molar refractivity (Wildman–Crippen MR) is 82.5 cm³/mol. The Morgan fingerprint density at radius 2 is 1.90 bits per heavy atom. The standard InChI is InChI=1S/C16H25N3O/c1-18(2)16(9-6-10-16)12-19(3)15(20)11-13-7-4-5-8-14(13)17/h4-5,7-8H,6,9-12,17H2,1-3H3. The van der Waals surface area contributed by atoms with E-state index in [9.17, 15) is 4.79 Å². The summed E-state index contributed by atoms with van der Waals surface area (Å²) in [4.78, 5) is 16.5. The zero-order chi connectivity index (χ0) is 14.8. The molecule has 0 bridgehead atoms. The number of amides is 1. The first-order chi connectivity index (χ1) is 9.44. The van der Waals surface area contributed by atoms with Gasteiger partial charge in [0.1, 0.15) is 0 Å². The Morgan fingerprint density at radius 1 is 1.25 bits per heavy atom. The second-order valence-electron chi connectivity index (χ2n) is 6.10. The fraction of sp³-hybridized carbons (Fsp3) is 0.562. The Balaban J connectivity index is 1.97. The van der Waals surface area contributed by atoms with Crippen molar-refractivity contribution in [1.82, 2.24) is 9.80 Å². The van der Waals surface area contributed by atoms with Crippen LogP contribution in [-0.4, -0.2) is 48.9 Å². The van der Waals surface area contributed by atoms with Crippen LogP contribution in [-0.2, 0) is 11.2 Å². The minimum absolute atomic E-state index is 0.135. The molecule has 110 valence electrons. The van der Waals surface area contributed by atoms with E-state index >= 15 is 0 Å². The molecule has 1 aromatic rings. The number of hydrogen-bond donors (Lipinski definition) is 1. The molecule has 0 aromatic heterocycles. The molecule has 0 aliphatic heterocycles. The van der Waals surface area contributed by atoms with Gasteiger partial charge in [-0.2, -0.15) is 0 Å². The molecule has 0 unspecified atom stereocenters. The lowest BCUT2D eigenvalue weighted by atomic mass is 9.75. The van der Waals surface area contributed by atoms with E-state index in [0.717, 1.165) is 12.1 Å². The third-order valence-electron chi connectivity index (χ3n) is 4.59. The number of likely N-dealkylation sites (N-methyl/N-ethyl adjacent to an activating group) is 2. The zero-order valence-electron chi connectivity index (χ0n) is 12.7. The zero-order valence-corrected chi connectivity index (χ0v) is 12.7. The first-order valence-electron chi connectivity index (χ1n) is 7.19. The van der Waals surface area contributed by atoms with Crippen LogP contribution in [0.15, 0.2) is 24.3 Å². The molecule has 0 heterocycles. The van der Waals surface area contributed by atoms with Crippen molar-refractivity contribution in [2.24, 2.45) is 0 Å². The summed E-state index contributed by atoms with van der Waals surface area (Å²) in [6.07, 6.45) is 3.98. The number of nitrogen functional groups attached to an aromatic ring is 1. The molecule has 2 rings (SSSR count). The Hall–Kier alpha value is -1.55. The topological polar surface area (TPSA) is 49.6 Å². The highest BCUT2D eigenvalue weighted by molar-refractivity contribution is 5.80. The molecule has 0 radical (unpaired) electrons. The van der Waals surface area contributed by atoms with Crippen LogP contribution in [0.1, 0.15) is 24.8 Å². The van der Waals surface area contributed by atoms with Crippen molar-refractivity contribution in [1.29, 1.82) is 0 Å². The van der Waals surface area contributed by atoms with Gasteiger partial charge in [-0.25, -0.2) is 0 Å². The number of hydrogen-bond acceptors (Lipinski definition) is 3. The van der Waals surface area contributed by atoms with Gasteiger partial charge in [0.2, 0.25) is 5.91 Å². The first kappa shape index (κ1) is 14.9. The van der Waals surface area contributed by atoms with Crippen molar-refractivity contribution in [3.05, 3.63) is 29.8 Å². The summed E-state index contributed by atoms with van der Waals surface area (Å²) in [7, 11) is 6.10. The molecule has 1 aliphatic carbocycles. The molecule has 1 saturated carbocycles. The van der Waals surface area contributed by atoms with Crippen molar-refractivity contribution >= 4 is 11.6 Å². The van der Waals surface area contributed by atoms with Crippen molar-refractivity contribution < 1.29 is 4.79 Å². The van der Waals surface area contributed by atoms with Crippen LogP contribution < -0.4 is 5.73 Å². The molecular weight excluding hydrogens is 250 g/mol. The van der Waals surface area contributed by atoms with Gasteiger partial charge in [-0.3, -0.25) is 4.79 Å². The number of benzene rings is 1. The third-order valence-corrected chi connectivity index (χ3v) is 4.59. The van der Waals surface area contributed by atoms with E-state index in [0.29, 0.717) is 12.1 Å². The summed E-state index contributed by atoms with van der Waals surface area (Å²) in [5.41, 5.74) is 7.68. The summed E-state index contributed by atoms with van der Waals surface area (Å²) >= 11 is 0. The fourth-order valence-electron chi connectivity index (χ4n) is 2.85. The number of carbonyl (C=O) groups is 1. The van der Waals surface area contributed by atoms with E-state index in [4.69, 9.17) is 5.73 Å². The summed E-state index contributed by atoms with van der Waals surface area (Å²) in [6, 6.07) is 7.58. The van der Waals surface area contributed by atoms with Crippen molar-refractivity contribution in [2.75, 3.05) is 33.4 Å². The van der Waals surface area contributed by atoms with Crippen LogP contribution in [0.5, 0.6) is 0 Å². The molecule has 20 heavy (non-hydrogen) atoms. The molecule has 4 nitrogen and oxygen atoms in total. The minimum atomic E-state index is 0.135. The lowest BCUT2D eigenvalue weighted by Crippen LogP contribution is -2.57. The van der Waals surface area contributed by atoms with E-state index in [-0.39, 0.29) is 11.4 Å². The van der Waals surface area contributed by atoms with E-state index in [1.54, 1.807) is 0 Å². The van der Waals surface area contributed by atoms with Gasteiger partial charge < -0.3 is 15.5 Å². The second-order valence-corrected chi connectivity index (χ2v) is 6.10. The Morgan fingerprint density at radius 3 is 2.40 bits per heavy atom. The molecular formula is C16H25N3O. The number of nitrogens with zero attached hydrogens (tertiary/aromatic N) is 2. The molecule has 1 aromatic carbocycles. The number of carbonyl (C=O) groups excluding carboxylic acids is 1. The highest BCUT2D eigenvalue weighted by Crippen LogP contribution is 2.36. The maximum atomic E-state index is 12.4. The predicted octanol–water partition coefficient (Wildman–Crippen LogP) is 1.75. The molecule has 0 spiro atoms. The normalized spacial score (nSPS) is 16.8. The Bertz CT molecular complexity index is 480. The lowest BCUT2D eigenvalue weighted by molar-refractivity contribution is -0.131. The van der Waals surface area contributed by atoms with Gasteiger partial charge in [0, 0.05) is 24.8 Å². The van der Waals surface area contributed by atoms with E-state index in [1.807, 2.05) is 36.2 Å². The fourth-order valence-corrected chi connectivity index (χ4v) is 2.85. The van der Waals surface area contributed by atoms with E-state index in [1.165, 1.54) is 19.3 Å². The summed E-state index contributed by atoms with van der Waals surface area (Å²) in [5.74, 6) is 0.135. The highest BCUT2D eigenvalue weighted by Gasteiger charge is 2.40. The van der Waals surface area contributed by atoms with Crippen molar-refractivity contribution in [3.63, 3.8) is 0 Å². The third kappa shape index (κ3) is 2.96. The van der Waals surface area contributed by atoms with Crippen LogP contribution in [0.4, 0.5) is 5.69 Å². The average molecular weight is 275 g/mol. The minimum Gasteiger partial charge on any atom is -0.398 e. The van der Waals surface area contributed by atoms with Gasteiger partial charge in [0.05, 0.1) is 6.42 Å². The monoisotopic (exact) mass is 275 g/mol. The summed E-state index contributed by atoms with van der Waals surface area (Å²) in [5, 5.41) is 0. The van der Waals surface area contributed by atoms with Crippen LogP contribution >= 0.6 is 0 Å². The van der Waals surface area contributed by atoms with E-state index < -0.39 is 0 Å². The van der Waals surface area contributed by atoms with Crippen LogP contribution in [0.2, 0.25) is 0 Å². The maximum absolute atomic E-state index is 12.4. The summed E-state index contributed by atoms with van der Waals surface area (Å²) in [6.45, 7) is 0.797. The van der Waals surface area contributed by atoms with Crippen LogP contribution in [0.3, 0.4) is 0 Å². The lowest BCUT2D eigenvalue weighted by Gasteiger charge is -2.49. The highest BCUT2D eigenvalue weighted by atomic mass is 16.2. The maximum Gasteiger partial charge on any atom is 0.226 e. The summed E-state index contributed by atoms with van der Waals surface area (Å²) < 4.78 is 0. The van der Waals surface area contributed by atoms with E-state index in [2.05, 4.69) is 19.0 Å². The van der Waals surface area contributed by atoms with Crippen LogP contribution in [0.25, 0.3) is 0 Å². The molecule has 0 atom stereocenters. The first-order valence-corrected chi connectivity index (χ1v) is 7.19. The van der Waals surface area contributed by atoms with Gasteiger partial charge in [-0.1, -0.05) is 18.2 Å². The number of nitrogens with two attached hydrogens (primary N) is 1. The molecule has 1 fully saturated rings. The smallest absolute Gasteiger partial charge is 0.226 e. The molecule has 1 amide bonds. The number of anilines is 1. The van der Waals surface area contributed by atoms with Gasteiger partial charge in [-0.05, 0) is 45.0 Å². The number of rotatable bonds is 5. The Kier molecular flexibility index (Phi) is 4.33. The molecule has 4 heteroatoms. The molecule has 0 saturated heterocycles. The van der Waals surface area contributed by atoms with Gasteiger partial charge >= 0.3 is 0 Å². The SMILES string of the molecule is CN(CC1(N(C)C)CCC1)C(=O)Cc1ccccc1N. The largest absolute Gasteiger partial charge is 0.398 e. The van der Waals surface area contributed by atoms with Crippen molar-refractivity contribution in [3.8, 4) is 0 Å². The average Bonchev–Trinajstić information content (AvgIpc) is 2.35. The molecule has 2 N–H and O–H groups in total. The van der Waals surface area contributed by atoms with Gasteiger partial charge in [0.25, 0.3) is 0 Å². The number of para-hydroxylation sites is 1. The second kappa shape index (κ2) is 5.83. The van der Waals surface area contributed by atoms with Gasteiger partial charge in [0.15, 0.2) is 0 Å². The molecule has 1 aliphatic rings. The Labute approximate surface area is 121 Å². The van der Waals surface area contributed by atoms with Crippen molar-refractivity contribution in [2.45, 2.75) is 31.2 Å². The van der Waals surface area contributed by atoms with Gasteiger partial charge in [-0.15, -0.1) is 0 Å². The quantitative estimate of drug-likeness (QED) is 0.833. The van der Waals surface area contributed by atoms with Crippen LogP contribution in [0, 0.1) is 0 Å².